The van der Waals surface area contributed by atoms with Crippen molar-refractivity contribution in [3.63, 3.8) is 0 Å². The van der Waals surface area contributed by atoms with E-state index in [0.717, 1.165) is 39.8 Å². The number of aromatic nitrogens is 1. The summed E-state index contributed by atoms with van der Waals surface area (Å²) in [6.07, 6.45) is 2.04. The first-order chi connectivity index (χ1) is 18.5. The smallest absolute Gasteiger partial charge is 0.226 e. The Balaban J connectivity index is 1.37. The maximum atomic E-state index is 12.8. The number of benzene rings is 2. The van der Waals surface area contributed by atoms with Gasteiger partial charge in [0.25, 0.3) is 0 Å². The largest absolute Gasteiger partial charge is 0.494 e. The summed E-state index contributed by atoms with van der Waals surface area (Å²) in [5, 5.41) is 6.94. The lowest BCUT2D eigenvalue weighted by atomic mass is 10.0. The highest BCUT2D eigenvalue weighted by Crippen LogP contribution is 2.40. The van der Waals surface area contributed by atoms with Gasteiger partial charge in [0.2, 0.25) is 5.91 Å². The molecule has 8 heteroatoms. The summed E-state index contributed by atoms with van der Waals surface area (Å²) in [7, 11) is 0. The van der Waals surface area contributed by atoms with Gasteiger partial charge < -0.3 is 24.7 Å². The molecular weight excluding hydrogens is 496 g/mol. The van der Waals surface area contributed by atoms with Crippen LogP contribution < -0.4 is 15.4 Å². The van der Waals surface area contributed by atoms with Gasteiger partial charge in [0.05, 0.1) is 18.3 Å². The molecule has 5 rings (SSSR count). The zero-order chi connectivity index (χ0) is 26.5. The highest BCUT2D eigenvalue weighted by atomic mass is 32.1. The number of nitrogens with zero attached hydrogens (tertiary/aromatic N) is 2. The second-order valence-corrected chi connectivity index (χ2v) is 9.53. The Bertz CT molecular complexity index is 1390. The fraction of sp³-hybridized carbons (Fsp3) is 0.233. The lowest BCUT2D eigenvalue weighted by Crippen LogP contribution is -2.32. The molecule has 3 heterocycles. The Morgan fingerprint density at radius 3 is 2.58 bits per heavy atom. The van der Waals surface area contributed by atoms with Crippen LogP contribution in [0.2, 0.25) is 0 Å². The van der Waals surface area contributed by atoms with E-state index in [1.54, 1.807) is 6.20 Å². The fourth-order valence-corrected chi connectivity index (χ4v) is 4.92. The zero-order valence-corrected chi connectivity index (χ0v) is 22.2. The molecule has 1 amide bonds. The number of rotatable bonds is 9. The van der Waals surface area contributed by atoms with Crippen molar-refractivity contribution in [2.24, 2.45) is 0 Å². The monoisotopic (exact) mass is 526 g/mol. The van der Waals surface area contributed by atoms with Crippen LogP contribution in [0.15, 0.2) is 89.5 Å². The van der Waals surface area contributed by atoms with E-state index in [-0.39, 0.29) is 24.4 Å². The van der Waals surface area contributed by atoms with Gasteiger partial charge in [-0.2, -0.15) is 0 Å². The Morgan fingerprint density at radius 1 is 1.08 bits per heavy atom. The maximum absolute atomic E-state index is 12.8. The number of thiocarbonyl (C=S) groups is 1. The number of pyridine rings is 1. The topological polar surface area (TPSA) is 79.6 Å². The predicted octanol–water partition coefficient (Wildman–Crippen LogP) is 6.05. The molecule has 194 valence electrons. The third-order valence-electron chi connectivity index (χ3n) is 6.48. The van der Waals surface area contributed by atoms with Crippen LogP contribution >= 0.6 is 12.2 Å². The van der Waals surface area contributed by atoms with Crippen LogP contribution in [-0.4, -0.2) is 34.1 Å². The Labute approximate surface area is 227 Å². The van der Waals surface area contributed by atoms with E-state index in [9.17, 15) is 4.79 Å². The van der Waals surface area contributed by atoms with E-state index in [1.165, 1.54) is 0 Å². The van der Waals surface area contributed by atoms with E-state index in [4.69, 9.17) is 21.4 Å². The second kappa shape index (κ2) is 11.5. The summed E-state index contributed by atoms with van der Waals surface area (Å²) in [5.41, 5.74) is 3.72. The molecule has 1 saturated heterocycles. The third-order valence-corrected chi connectivity index (χ3v) is 6.83. The molecule has 38 heavy (non-hydrogen) atoms. The lowest BCUT2D eigenvalue weighted by molar-refractivity contribution is -0.116. The van der Waals surface area contributed by atoms with Gasteiger partial charge in [-0.15, -0.1) is 0 Å². The first-order valence-corrected chi connectivity index (χ1v) is 13.1. The molecule has 1 aliphatic heterocycles. The van der Waals surface area contributed by atoms with Crippen LogP contribution in [0, 0.1) is 6.92 Å². The van der Waals surface area contributed by atoms with Gasteiger partial charge in [-0.1, -0.05) is 23.8 Å². The van der Waals surface area contributed by atoms with E-state index in [1.807, 2.05) is 97.6 Å². The summed E-state index contributed by atoms with van der Waals surface area (Å²) < 4.78 is 11.9. The molecule has 2 aromatic heterocycles. The van der Waals surface area contributed by atoms with E-state index < -0.39 is 0 Å². The minimum absolute atomic E-state index is 0.0776. The molecule has 0 bridgehead atoms. The van der Waals surface area contributed by atoms with Gasteiger partial charge in [-0.3, -0.25) is 9.78 Å². The van der Waals surface area contributed by atoms with E-state index in [0.29, 0.717) is 18.3 Å². The number of furan rings is 1. The summed E-state index contributed by atoms with van der Waals surface area (Å²) >= 11 is 5.73. The lowest BCUT2D eigenvalue weighted by Gasteiger charge is -2.25. The van der Waals surface area contributed by atoms with Crippen LogP contribution in [0.3, 0.4) is 0 Å². The van der Waals surface area contributed by atoms with Gasteiger partial charge in [0.15, 0.2) is 5.11 Å². The molecule has 0 aliphatic carbocycles. The first-order valence-electron chi connectivity index (χ1n) is 12.7. The summed E-state index contributed by atoms with van der Waals surface area (Å²) in [4.78, 5) is 19.4. The molecule has 0 spiro atoms. The van der Waals surface area contributed by atoms with Crippen molar-refractivity contribution in [3.8, 4) is 17.1 Å². The van der Waals surface area contributed by atoms with Crippen LogP contribution in [0.5, 0.6) is 5.75 Å². The molecule has 7 nitrogen and oxygen atoms in total. The number of ether oxygens (including phenoxy) is 1. The number of carbonyl (C=O) groups is 1. The Kier molecular flexibility index (Phi) is 7.70. The molecule has 2 N–H and O–H groups in total. The quantitative estimate of drug-likeness (QED) is 0.257. The predicted molar refractivity (Wildman–Crippen MR) is 152 cm³/mol. The van der Waals surface area contributed by atoms with E-state index >= 15 is 0 Å². The van der Waals surface area contributed by atoms with Gasteiger partial charge >= 0.3 is 0 Å². The second-order valence-electron chi connectivity index (χ2n) is 9.14. The first kappa shape index (κ1) is 25.5. The number of amides is 1. The van der Waals surface area contributed by atoms with Crippen molar-refractivity contribution in [2.45, 2.75) is 32.4 Å². The average Bonchev–Trinajstić information content (AvgIpc) is 3.54. The van der Waals surface area contributed by atoms with Gasteiger partial charge in [-0.25, -0.2) is 0 Å². The SMILES string of the molecule is CCOc1ccc(-c2ccc([C@H]3[C@@H](c4ccccn4)NC(=S)N3CCC(=O)Nc3ccc(C)cc3)o2)cc1. The molecule has 0 radical (unpaired) electrons. The number of nitrogens with one attached hydrogen (secondary N) is 2. The number of aryl methyl sites for hydroxylation is 1. The normalized spacial score (nSPS) is 16.8. The molecule has 2 aromatic carbocycles. The molecule has 1 aliphatic rings. The van der Waals surface area contributed by atoms with Crippen LogP contribution in [-0.2, 0) is 4.79 Å². The number of carbonyl (C=O) groups excluding carboxylic acids is 1. The van der Waals surface area contributed by atoms with Gasteiger partial charge in [0, 0.05) is 30.4 Å². The summed E-state index contributed by atoms with van der Waals surface area (Å²) in [6, 6.07) is 24.8. The van der Waals surface area contributed by atoms with E-state index in [2.05, 4.69) is 15.6 Å². The standard InChI is InChI=1S/C30H30N4O3S/c1-3-36-23-13-9-21(10-14-23)25-15-16-26(37-25)29-28(24-6-4-5-18-31-24)33-30(38)34(29)19-17-27(35)32-22-11-7-20(2)8-12-22/h4-16,18,28-29H,3,17,19H2,1-2H3,(H,32,35)(H,33,38)/t28-,29+/m1/s1. The zero-order valence-electron chi connectivity index (χ0n) is 21.4. The van der Waals surface area contributed by atoms with Gasteiger partial charge in [-0.05, 0) is 86.7 Å². The summed E-state index contributed by atoms with van der Waals surface area (Å²) in [6.45, 7) is 5.02. The Morgan fingerprint density at radius 2 is 1.87 bits per heavy atom. The molecule has 0 unspecified atom stereocenters. The molecule has 2 atom stereocenters. The van der Waals surface area contributed by atoms with Gasteiger partial charge in [0.1, 0.15) is 23.3 Å². The number of hydrogen-bond acceptors (Lipinski definition) is 5. The molecule has 1 fully saturated rings. The highest BCUT2D eigenvalue weighted by molar-refractivity contribution is 7.80. The van der Waals surface area contributed by atoms with Crippen molar-refractivity contribution < 1.29 is 13.9 Å². The number of hydrogen-bond donors (Lipinski definition) is 2. The number of anilines is 1. The van der Waals surface area contributed by atoms with Crippen LogP contribution in [0.1, 0.15) is 42.4 Å². The minimum Gasteiger partial charge on any atom is -0.494 e. The molecule has 0 saturated carbocycles. The van der Waals surface area contributed by atoms with Crippen molar-refractivity contribution in [1.82, 2.24) is 15.2 Å². The summed E-state index contributed by atoms with van der Waals surface area (Å²) in [5.74, 6) is 2.23. The van der Waals surface area contributed by atoms with Crippen molar-refractivity contribution in [1.29, 1.82) is 0 Å². The minimum atomic E-state index is -0.263. The maximum Gasteiger partial charge on any atom is 0.226 e. The third kappa shape index (κ3) is 5.70. The fourth-order valence-electron chi connectivity index (χ4n) is 4.59. The van der Waals surface area contributed by atoms with Crippen molar-refractivity contribution in [2.75, 3.05) is 18.5 Å². The van der Waals surface area contributed by atoms with Crippen molar-refractivity contribution in [3.05, 3.63) is 102 Å². The Hall–Kier alpha value is -4.17. The van der Waals surface area contributed by atoms with Crippen molar-refractivity contribution >= 4 is 28.9 Å². The molecule has 4 aromatic rings. The molecular formula is C30H30N4O3S. The average molecular weight is 527 g/mol. The highest BCUT2D eigenvalue weighted by Gasteiger charge is 2.41. The van der Waals surface area contributed by atoms with Crippen LogP contribution in [0.4, 0.5) is 5.69 Å². The van der Waals surface area contributed by atoms with Crippen LogP contribution in [0.25, 0.3) is 11.3 Å².